The maximum atomic E-state index is 8.41. The molecule has 1 rings (SSSR count). The smallest absolute Gasteiger partial charge is 0.0830 e. The zero-order valence-corrected chi connectivity index (χ0v) is 6.64. The van der Waals surface area contributed by atoms with Gasteiger partial charge in [-0.25, -0.2) is 0 Å². The maximum Gasteiger partial charge on any atom is 0.0830 e. The van der Waals surface area contributed by atoms with Gasteiger partial charge in [0.05, 0.1) is 25.1 Å². The van der Waals surface area contributed by atoms with Crippen molar-refractivity contribution in [1.29, 1.82) is 0 Å². The van der Waals surface area contributed by atoms with E-state index in [9.17, 15) is 0 Å². The fraction of sp³-hybridized carbons (Fsp3) is 0.250. The molecule has 64 valence electrons. The SMILES string of the molecule is OCCNN=Cc1ccccn1. The second-order valence-corrected chi connectivity index (χ2v) is 2.14. The Morgan fingerprint density at radius 3 is 3.17 bits per heavy atom. The second-order valence-electron chi connectivity index (χ2n) is 2.14. The van der Waals surface area contributed by atoms with E-state index in [2.05, 4.69) is 15.5 Å². The van der Waals surface area contributed by atoms with Crippen LogP contribution in [0.2, 0.25) is 0 Å². The van der Waals surface area contributed by atoms with Crippen LogP contribution < -0.4 is 5.43 Å². The van der Waals surface area contributed by atoms with Crippen LogP contribution in [-0.2, 0) is 0 Å². The minimum atomic E-state index is 0.0829. The zero-order chi connectivity index (χ0) is 8.65. The van der Waals surface area contributed by atoms with E-state index in [0.29, 0.717) is 6.54 Å². The van der Waals surface area contributed by atoms with E-state index in [0.717, 1.165) is 5.69 Å². The quantitative estimate of drug-likeness (QED) is 0.375. The van der Waals surface area contributed by atoms with E-state index >= 15 is 0 Å². The van der Waals surface area contributed by atoms with Crippen LogP contribution in [0.1, 0.15) is 5.69 Å². The number of hydrazone groups is 1. The molecule has 0 radical (unpaired) electrons. The van der Waals surface area contributed by atoms with E-state index in [1.807, 2.05) is 18.2 Å². The van der Waals surface area contributed by atoms with Gasteiger partial charge in [-0.3, -0.25) is 4.98 Å². The summed E-state index contributed by atoms with van der Waals surface area (Å²) in [5, 5.41) is 12.2. The fourth-order valence-electron chi connectivity index (χ4n) is 0.679. The van der Waals surface area contributed by atoms with E-state index in [1.54, 1.807) is 12.4 Å². The molecule has 0 spiro atoms. The summed E-state index contributed by atoms with van der Waals surface area (Å²) in [6, 6.07) is 5.59. The van der Waals surface area contributed by atoms with Crippen LogP contribution in [0.15, 0.2) is 29.5 Å². The summed E-state index contributed by atoms with van der Waals surface area (Å²) in [4.78, 5) is 4.02. The molecule has 0 aliphatic carbocycles. The summed E-state index contributed by atoms with van der Waals surface area (Å²) < 4.78 is 0. The van der Waals surface area contributed by atoms with Crippen molar-refractivity contribution in [2.45, 2.75) is 0 Å². The standard InChI is InChI=1S/C8H11N3O/c12-6-5-10-11-7-8-3-1-2-4-9-8/h1-4,7,10,12H,5-6H2. The van der Waals surface area contributed by atoms with E-state index < -0.39 is 0 Å². The first-order valence-corrected chi connectivity index (χ1v) is 3.71. The van der Waals surface area contributed by atoms with Gasteiger partial charge in [0.25, 0.3) is 0 Å². The van der Waals surface area contributed by atoms with Gasteiger partial charge >= 0.3 is 0 Å². The molecule has 0 aliphatic rings. The molecule has 0 bridgehead atoms. The third kappa shape index (κ3) is 3.12. The highest BCUT2D eigenvalue weighted by molar-refractivity contribution is 5.76. The van der Waals surface area contributed by atoms with Crippen LogP contribution in [0, 0.1) is 0 Å². The Labute approximate surface area is 71.0 Å². The van der Waals surface area contributed by atoms with Crippen molar-refractivity contribution in [2.24, 2.45) is 5.10 Å². The van der Waals surface area contributed by atoms with Gasteiger partial charge in [-0.2, -0.15) is 5.10 Å². The molecule has 1 heterocycles. The van der Waals surface area contributed by atoms with Gasteiger partial charge < -0.3 is 10.5 Å². The number of rotatable bonds is 4. The Morgan fingerprint density at radius 1 is 1.58 bits per heavy atom. The Kier molecular flexibility index (Phi) is 3.80. The van der Waals surface area contributed by atoms with Crippen molar-refractivity contribution in [3.63, 3.8) is 0 Å². The summed E-state index contributed by atoms with van der Waals surface area (Å²) in [5.41, 5.74) is 3.46. The van der Waals surface area contributed by atoms with Crippen LogP contribution in [0.4, 0.5) is 0 Å². The van der Waals surface area contributed by atoms with Gasteiger partial charge in [-0.05, 0) is 12.1 Å². The Balaban J connectivity index is 2.36. The van der Waals surface area contributed by atoms with Crippen LogP contribution >= 0.6 is 0 Å². The van der Waals surface area contributed by atoms with Gasteiger partial charge in [0.15, 0.2) is 0 Å². The Bertz CT molecular complexity index is 235. The summed E-state index contributed by atoms with van der Waals surface area (Å²) >= 11 is 0. The van der Waals surface area contributed by atoms with Crippen LogP contribution in [-0.4, -0.2) is 29.5 Å². The molecule has 4 nitrogen and oxygen atoms in total. The van der Waals surface area contributed by atoms with E-state index in [4.69, 9.17) is 5.11 Å². The first kappa shape index (κ1) is 8.67. The Morgan fingerprint density at radius 2 is 2.50 bits per heavy atom. The fourth-order valence-corrected chi connectivity index (χ4v) is 0.679. The highest BCUT2D eigenvalue weighted by Gasteiger charge is 1.83. The summed E-state index contributed by atoms with van der Waals surface area (Å²) in [5.74, 6) is 0. The Hall–Kier alpha value is -1.42. The van der Waals surface area contributed by atoms with E-state index in [-0.39, 0.29) is 6.61 Å². The van der Waals surface area contributed by atoms with Crippen molar-refractivity contribution in [2.75, 3.05) is 13.2 Å². The van der Waals surface area contributed by atoms with Crippen molar-refractivity contribution in [1.82, 2.24) is 10.4 Å². The van der Waals surface area contributed by atoms with Crippen molar-refractivity contribution >= 4 is 6.21 Å². The normalized spacial score (nSPS) is 10.4. The topological polar surface area (TPSA) is 57.5 Å². The molecule has 0 atom stereocenters. The highest BCUT2D eigenvalue weighted by Crippen LogP contribution is 1.86. The molecular formula is C8H11N3O. The number of pyridine rings is 1. The van der Waals surface area contributed by atoms with Gasteiger partial charge in [0.1, 0.15) is 0 Å². The molecule has 0 saturated carbocycles. The van der Waals surface area contributed by atoms with Crippen LogP contribution in [0.3, 0.4) is 0 Å². The zero-order valence-electron chi connectivity index (χ0n) is 6.64. The van der Waals surface area contributed by atoms with Crippen molar-refractivity contribution < 1.29 is 5.11 Å². The third-order valence-corrected chi connectivity index (χ3v) is 1.20. The number of aliphatic hydroxyl groups excluding tert-OH is 1. The van der Waals surface area contributed by atoms with Gasteiger partial charge in [-0.15, -0.1) is 0 Å². The molecule has 1 aromatic rings. The summed E-state index contributed by atoms with van der Waals surface area (Å²) in [7, 11) is 0. The van der Waals surface area contributed by atoms with Crippen LogP contribution in [0.25, 0.3) is 0 Å². The number of aliphatic hydroxyl groups is 1. The average molecular weight is 165 g/mol. The lowest BCUT2D eigenvalue weighted by Gasteiger charge is -1.93. The molecule has 12 heavy (non-hydrogen) atoms. The van der Waals surface area contributed by atoms with Gasteiger partial charge in [-0.1, -0.05) is 6.07 Å². The number of hydrogen-bond acceptors (Lipinski definition) is 4. The first-order valence-electron chi connectivity index (χ1n) is 3.71. The molecule has 2 N–H and O–H groups in total. The number of nitrogens with zero attached hydrogens (tertiary/aromatic N) is 2. The molecular weight excluding hydrogens is 154 g/mol. The van der Waals surface area contributed by atoms with E-state index in [1.165, 1.54) is 0 Å². The second kappa shape index (κ2) is 5.26. The minimum Gasteiger partial charge on any atom is -0.394 e. The van der Waals surface area contributed by atoms with Crippen LogP contribution in [0.5, 0.6) is 0 Å². The summed E-state index contributed by atoms with van der Waals surface area (Å²) in [6.07, 6.45) is 3.31. The highest BCUT2D eigenvalue weighted by atomic mass is 16.3. The molecule has 4 heteroatoms. The van der Waals surface area contributed by atoms with Gasteiger partial charge in [0, 0.05) is 6.20 Å². The molecule has 0 aliphatic heterocycles. The first-order chi connectivity index (χ1) is 5.93. The lowest BCUT2D eigenvalue weighted by molar-refractivity contribution is 0.294. The predicted molar refractivity (Wildman–Crippen MR) is 46.9 cm³/mol. The third-order valence-electron chi connectivity index (χ3n) is 1.20. The molecule has 1 aromatic heterocycles. The molecule has 0 fully saturated rings. The molecule has 0 unspecified atom stereocenters. The lowest BCUT2D eigenvalue weighted by Crippen LogP contribution is -2.11. The predicted octanol–water partition coefficient (Wildman–Crippen LogP) is -0.00260. The monoisotopic (exact) mass is 165 g/mol. The average Bonchev–Trinajstić information content (AvgIpc) is 2.14. The van der Waals surface area contributed by atoms with Crippen molar-refractivity contribution in [3.05, 3.63) is 30.1 Å². The number of aromatic nitrogens is 1. The van der Waals surface area contributed by atoms with Gasteiger partial charge in [0.2, 0.25) is 0 Å². The summed E-state index contributed by atoms with van der Waals surface area (Å²) in [6.45, 7) is 0.545. The molecule has 0 saturated heterocycles. The minimum absolute atomic E-state index is 0.0829. The largest absolute Gasteiger partial charge is 0.394 e. The number of hydrogen-bond donors (Lipinski definition) is 2. The maximum absolute atomic E-state index is 8.41. The lowest BCUT2D eigenvalue weighted by atomic mass is 10.4. The number of nitrogens with one attached hydrogen (secondary N) is 1. The molecule has 0 amide bonds. The molecule has 0 aromatic carbocycles. The van der Waals surface area contributed by atoms with Crippen molar-refractivity contribution in [3.8, 4) is 0 Å².